The van der Waals surface area contributed by atoms with Crippen molar-refractivity contribution in [3.63, 3.8) is 0 Å². The van der Waals surface area contributed by atoms with Gasteiger partial charge < -0.3 is 9.59 Å². The fourth-order valence-electron chi connectivity index (χ4n) is 4.55. The molecular weight excluding hydrogens is 462 g/mol. The van der Waals surface area contributed by atoms with Crippen molar-refractivity contribution < 1.29 is 14.4 Å². The molecule has 0 aliphatic carbocycles. The molecule has 0 heterocycles. The summed E-state index contributed by atoms with van der Waals surface area (Å²) in [5, 5.41) is 8.63. The Balaban J connectivity index is 0. The van der Waals surface area contributed by atoms with Crippen LogP contribution in [0.15, 0.2) is 0 Å². The van der Waals surface area contributed by atoms with Crippen molar-refractivity contribution in [3.8, 4) is 0 Å². The van der Waals surface area contributed by atoms with Gasteiger partial charge in [0, 0.05) is 6.42 Å². The van der Waals surface area contributed by atoms with E-state index >= 15 is 0 Å². The molecule has 0 radical (unpaired) electrons. The van der Waals surface area contributed by atoms with E-state index in [1.807, 2.05) is 0 Å². The Kier molecular flexibility index (Phi) is 27.2. The highest BCUT2D eigenvalue weighted by atomic mass is 79.9. The smallest absolute Gasteiger partial charge is 0.303 e. The van der Waals surface area contributed by atoms with Gasteiger partial charge in [-0.25, -0.2) is 0 Å². The van der Waals surface area contributed by atoms with E-state index in [0.717, 1.165) is 12.8 Å². The van der Waals surface area contributed by atoms with Gasteiger partial charge in [-0.15, -0.1) is 17.0 Å². The van der Waals surface area contributed by atoms with Crippen molar-refractivity contribution in [3.05, 3.63) is 0 Å². The summed E-state index contributed by atoms with van der Waals surface area (Å²) in [7, 11) is 4.81. The van der Waals surface area contributed by atoms with Gasteiger partial charge in [0.25, 0.3) is 0 Å². The van der Waals surface area contributed by atoms with E-state index in [2.05, 4.69) is 21.0 Å². The molecule has 0 amide bonds. The van der Waals surface area contributed by atoms with Gasteiger partial charge in [-0.2, -0.15) is 0 Å². The number of halogens is 1. The molecule has 3 nitrogen and oxygen atoms in total. The van der Waals surface area contributed by atoms with Crippen molar-refractivity contribution in [1.29, 1.82) is 0 Å². The van der Waals surface area contributed by atoms with Gasteiger partial charge in [-0.05, 0) is 32.1 Å². The van der Waals surface area contributed by atoms with E-state index in [0.29, 0.717) is 6.42 Å². The standard InChI is InChI=1S/C28H57NO2.BrH/c1-4-5-6-7-8-9-10-11-12-14-17-20-23-26-29(2,3)27-24-21-18-15-13-16-19-22-25-28(30)31;/h4-27H2,1-3H3;1H/p+1. The predicted molar refractivity (Wildman–Crippen MR) is 147 cm³/mol. The first-order valence-corrected chi connectivity index (χ1v) is 14.0. The van der Waals surface area contributed by atoms with E-state index in [1.54, 1.807) is 0 Å². The van der Waals surface area contributed by atoms with Crippen molar-refractivity contribution in [1.82, 2.24) is 0 Å². The molecule has 0 aromatic rings. The Bertz CT molecular complexity index is 388. The zero-order valence-electron chi connectivity index (χ0n) is 22.2. The highest BCUT2D eigenvalue weighted by Crippen LogP contribution is 2.14. The van der Waals surface area contributed by atoms with Crippen molar-refractivity contribution in [2.45, 2.75) is 148 Å². The lowest BCUT2D eigenvalue weighted by molar-refractivity contribution is -0.890. The second-order valence-corrected chi connectivity index (χ2v) is 10.6. The number of hydrogen-bond donors (Lipinski definition) is 1. The molecule has 0 rings (SSSR count). The summed E-state index contributed by atoms with van der Waals surface area (Å²) in [6.45, 7) is 4.94. The molecule has 194 valence electrons. The Morgan fingerprint density at radius 3 is 1.12 bits per heavy atom. The lowest BCUT2D eigenvalue weighted by atomic mass is 10.0. The maximum Gasteiger partial charge on any atom is 0.303 e. The molecule has 0 bridgehead atoms. The van der Waals surface area contributed by atoms with Crippen LogP contribution in [0.5, 0.6) is 0 Å². The van der Waals surface area contributed by atoms with Crippen LogP contribution in [0.4, 0.5) is 0 Å². The van der Waals surface area contributed by atoms with E-state index in [-0.39, 0.29) is 17.0 Å². The number of carbonyl (C=O) groups is 1. The summed E-state index contributed by atoms with van der Waals surface area (Å²) in [6.07, 6.45) is 28.8. The monoisotopic (exact) mass is 520 g/mol. The third-order valence-electron chi connectivity index (χ3n) is 6.77. The number of quaternary nitrogens is 1. The Morgan fingerprint density at radius 2 is 0.812 bits per heavy atom. The number of unbranched alkanes of at least 4 members (excludes halogenated alkanes) is 19. The Labute approximate surface area is 212 Å². The third kappa shape index (κ3) is 27.9. The summed E-state index contributed by atoms with van der Waals surface area (Å²) < 4.78 is 1.19. The van der Waals surface area contributed by atoms with Gasteiger partial charge in [0.15, 0.2) is 0 Å². The van der Waals surface area contributed by atoms with E-state index in [4.69, 9.17) is 5.11 Å². The first-order valence-electron chi connectivity index (χ1n) is 14.0. The van der Waals surface area contributed by atoms with Gasteiger partial charge in [0.1, 0.15) is 0 Å². The van der Waals surface area contributed by atoms with Crippen molar-refractivity contribution in [2.75, 3.05) is 27.2 Å². The fraction of sp³-hybridized carbons (Fsp3) is 0.964. The van der Waals surface area contributed by atoms with Crippen LogP contribution in [-0.2, 0) is 4.79 Å². The number of aliphatic carboxylic acids is 1. The van der Waals surface area contributed by atoms with Crippen molar-refractivity contribution in [2.24, 2.45) is 0 Å². The largest absolute Gasteiger partial charge is 0.481 e. The highest BCUT2D eigenvalue weighted by Gasteiger charge is 2.13. The second-order valence-electron chi connectivity index (χ2n) is 10.6. The van der Waals surface area contributed by atoms with Gasteiger partial charge in [0.2, 0.25) is 0 Å². The predicted octanol–water partition coefficient (Wildman–Crippen LogP) is 9.33. The molecule has 0 saturated carbocycles. The molecular formula is C28H59BrNO2+. The Hall–Kier alpha value is -0.0900. The lowest BCUT2D eigenvalue weighted by Gasteiger charge is -2.30. The summed E-state index contributed by atoms with van der Waals surface area (Å²) in [4.78, 5) is 10.5. The number of carboxylic acids is 1. The highest BCUT2D eigenvalue weighted by molar-refractivity contribution is 8.93. The van der Waals surface area contributed by atoms with Crippen LogP contribution in [0.25, 0.3) is 0 Å². The fourth-order valence-corrected chi connectivity index (χ4v) is 4.55. The minimum atomic E-state index is -0.653. The van der Waals surface area contributed by atoms with Crippen molar-refractivity contribution >= 4 is 23.0 Å². The second kappa shape index (κ2) is 25.5. The molecule has 0 atom stereocenters. The third-order valence-corrected chi connectivity index (χ3v) is 6.77. The molecule has 0 saturated heterocycles. The molecule has 4 heteroatoms. The van der Waals surface area contributed by atoms with E-state index in [9.17, 15) is 4.79 Å². The van der Waals surface area contributed by atoms with Crippen LogP contribution in [0.1, 0.15) is 148 Å². The molecule has 0 unspecified atom stereocenters. The van der Waals surface area contributed by atoms with E-state index < -0.39 is 5.97 Å². The molecule has 0 spiro atoms. The maximum absolute atomic E-state index is 10.5. The normalized spacial score (nSPS) is 11.5. The van der Waals surface area contributed by atoms with Crippen LogP contribution in [-0.4, -0.2) is 42.7 Å². The number of nitrogens with zero attached hydrogens (tertiary/aromatic N) is 1. The molecule has 1 N–H and O–H groups in total. The van der Waals surface area contributed by atoms with Gasteiger partial charge in [-0.1, -0.05) is 110 Å². The van der Waals surface area contributed by atoms with Gasteiger partial charge in [0.05, 0.1) is 27.2 Å². The molecule has 0 aliphatic heterocycles. The number of hydrogen-bond acceptors (Lipinski definition) is 1. The van der Waals surface area contributed by atoms with Gasteiger partial charge in [-0.3, -0.25) is 4.79 Å². The first kappa shape index (κ1) is 34.1. The Morgan fingerprint density at radius 1 is 0.531 bits per heavy atom. The maximum atomic E-state index is 10.5. The van der Waals surface area contributed by atoms with Gasteiger partial charge >= 0.3 is 5.97 Å². The SMILES string of the molecule is Br.CCCCCCCCCCCCCCC[N+](C)(C)CCCCCCCCCCC(=O)O. The average molecular weight is 522 g/mol. The minimum Gasteiger partial charge on any atom is -0.481 e. The van der Waals surface area contributed by atoms with Crippen LogP contribution < -0.4 is 0 Å². The zero-order chi connectivity index (χ0) is 23.0. The van der Waals surface area contributed by atoms with Crippen LogP contribution in [0, 0.1) is 0 Å². The topological polar surface area (TPSA) is 37.3 Å². The molecule has 0 aliphatic rings. The molecule has 32 heavy (non-hydrogen) atoms. The van der Waals surface area contributed by atoms with E-state index in [1.165, 1.54) is 140 Å². The van der Waals surface area contributed by atoms with Crippen LogP contribution >= 0.6 is 17.0 Å². The molecule has 0 aromatic carbocycles. The first-order chi connectivity index (χ1) is 15.0. The minimum absolute atomic E-state index is 0. The summed E-state index contributed by atoms with van der Waals surface area (Å²) in [5.41, 5.74) is 0. The summed E-state index contributed by atoms with van der Waals surface area (Å²) in [5.74, 6) is -0.653. The van der Waals surface area contributed by atoms with Crippen LogP contribution in [0.2, 0.25) is 0 Å². The zero-order valence-corrected chi connectivity index (χ0v) is 23.9. The molecule has 0 fully saturated rings. The summed E-state index contributed by atoms with van der Waals surface area (Å²) in [6, 6.07) is 0. The molecule has 0 aromatic heterocycles. The number of rotatable bonds is 25. The van der Waals surface area contributed by atoms with Crippen LogP contribution in [0.3, 0.4) is 0 Å². The average Bonchev–Trinajstić information content (AvgIpc) is 2.72. The number of carboxylic acid groups (broad SMARTS) is 1. The summed E-state index contributed by atoms with van der Waals surface area (Å²) >= 11 is 0. The lowest BCUT2D eigenvalue weighted by Crippen LogP contribution is -2.41. The quantitative estimate of drug-likeness (QED) is 0.0960.